The summed E-state index contributed by atoms with van der Waals surface area (Å²) in [5, 5.41) is 10.4. The van der Waals surface area contributed by atoms with E-state index < -0.39 is 23.3 Å². The average molecular weight is 782 g/mol. The van der Waals surface area contributed by atoms with Crippen LogP contribution in [0, 0.1) is 28.9 Å². The van der Waals surface area contributed by atoms with Gasteiger partial charge in [0.25, 0.3) is 0 Å². The molecule has 284 valence electrons. The lowest BCUT2D eigenvalue weighted by Crippen LogP contribution is -2.43. The van der Waals surface area contributed by atoms with Gasteiger partial charge in [0.1, 0.15) is 47.6 Å². The minimum Gasteiger partial charge on any atom is -0.489 e. The van der Waals surface area contributed by atoms with E-state index in [0.717, 1.165) is 43.6 Å². The number of nitrogen functional groups attached to an aromatic ring is 1. The van der Waals surface area contributed by atoms with Crippen molar-refractivity contribution in [3.63, 3.8) is 0 Å². The Morgan fingerprint density at radius 2 is 1.96 bits per heavy atom. The summed E-state index contributed by atoms with van der Waals surface area (Å²) in [6.45, 7) is 4.10. The fourth-order valence-electron chi connectivity index (χ4n) is 9.29. The molecule has 1 unspecified atom stereocenters. The zero-order valence-corrected chi connectivity index (χ0v) is 31.1. The minimum absolute atomic E-state index is 0.0191. The summed E-state index contributed by atoms with van der Waals surface area (Å²) in [5.41, 5.74) is 5.56. The first-order valence-corrected chi connectivity index (χ1v) is 19.8. The van der Waals surface area contributed by atoms with Crippen molar-refractivity contribution in [1.82, 2.24) is 19.8 Å². The molecule has 2 N–H and O–H groups in total. The molecule has 0 spiro atoms. The zero-order chi connectivity index (χ0) is 37.3. The normalized spacial score (nSPS) is 24.6. The number of amides is 1. The van der Waals surface area contributed by atoms with E-state index in [9.17, 15) is 14.4 Å². The first-order chi connectivity index (χ1) is 26.2. The van der Waals surface area contributed by atoms with Crippen molar-refractivity contribution in [3.8, 4) is 29.0 Å². The number of rotatable bonds is 7. The molecule has 4 saturated heterocycles. The highest BCUT2D eigenvalue weighted by Crippen LogP contribution is 2.51. The van der Waals surface area contributed by atoms with Crippen LogP contribution in [-0.2, 0) is 9.53 Å². The van der Waals surface area contributed by atoms with Crippen LogP contribution in [0.25, 0.3) is 32.1 Å². The summed E-state index contributed by atoms with van der Waals surface area (Å²) in [5.74, 6) is -0.530. The third-order valence-electron chi connectivity index (χ3n) is 12.0. The van der Waals surface area contributed by atoms with Gasteiger partial charge in [0.15, 0.2) is 11.6 Å². The first kappa shape index (κ1) is 35.6. The molecule has 11 nitrogen and oxygen atoms in total. The van der Waals surface area contributed by atoms with Crippen LogP contribution in [0.2, 0.25) is 5.02 Å². The van der Waals surface area contributed by atoms with Gasteiger partial charge in [-0.15, -0.1) is 11.3 Å². The molecule has 2 aromatic carbocycles. The second-order valence-electron chi connectivity index (χ2n) is 15.1. The predicted octanol–water partition coefficient (Wildman–Crippen LogP) is 6.47. The van der Waals surface area contributed by atoms with E-state index in [0.29, 0.717) is 70.4 Å². The molecule has 0 radical (unpaired) electrons. The summed E-state index contributed by atoms with van der Waals surface area (Å²) in [4.78, 5) is 29.0. The number of likely N-dealkylation sites (tertiary alicyclic amines) is 1. The van der Waals surface area contributed by atoms with E-state index in [1.54, 1.807) is 0 Å². The molecular formula is C38H39ClF3N7O4S. The molecule has 2 aromatic heterocycles. The number of fused-ring (bicyclic) bond motifs is 2. The van der Waals surface area contributed by atoms with Gasteiger partial charge in [-0.3, -0.25) is 9.69 Å². The maximum Gasteiger partial charge on any atom is 0.319 e. The number of alkyl halides is 1. The Morgan fingerprint density at radius 1 is 1.13 bits per heavy atom. The molecule has 5 aliphatic rings. The summed E-state index contributed by atoms with van der Waals surface area (Å²) >= 11 is 8.00. The van der Waals surface area contributed by atoms with Crippen LogP contribution in [0.1, 0.15) is 50.5 Å². The van der Waals surface area contributed by atoms with Gasteiger partial charge in [-0.1, -0.05) is 17.7 Å². The van der Waals surface area contributed by atoms with Gasteiger partial charge in [0, 0.05) is 62.7 Å². The van der Waals surface area contributed by atoms with Crippen LogP contribution in [0.15, 0.2) is 12.1 Å². The summed E-state index contributed by atoms with van der Waals surface area (Å²) in [6, 6.07) is 4.36. The molecule has 7 heterocycles. The Bertz CT molecular complexity index is 2210. The van der Waals surface area contributed by atoms with Crippen LogP contribution in [0.5, 0.6) is 11.8 Å². The minimum atomic E-state index is -0.968. The van der Waals surface area contributed by atoms with Gasteiger partial charge in [0.2, 0.25) is 5.91 Å². The Labute approximate surface area is 318 Å². The standard InChI is InChI=1S/C38H39ClF3N7O4S/c39-30-28(23-2-3-25(41)34-27(23)24(16-43)35(44)54-34)31(42)32-29-33(30)52-13-10-49(22-4-9-47(18-22)26(50)14-20-5-11-51-12-6-20)36(29)46-37(45-32)53-19-38-7-1-8-48(38)17-21(40)15-38/h2-3,20-22H,1,4-15,17-19,44H2/t21-,22?,38+/m1/s1. The lowest BCUT2D eigenvalue weighted by Gasteiger charge is -2.32. The van der Waals surface area contributed by atoms with E-state index in [1.165, 1.54) is 12.1 Å². The van der Waals surface area contributed by atoms with Gasteiger partial charge in [-0.2, -0.15) is 15.2 Å². The fourth-order valence-corrected chi connectivity index (χ4v) is 10.6. The first-order valence-electron chi connectivity index (χ1n) is 18.6. The third kappa shape index (κ3) is 5.88. The van der Waals surface area contributed by atoms with Crippen molar-refractivity contribution in [2.45, 2.75) is 62.7 Å². The number of nitriles is 1. The third-order valence-corrected chi connectivity index (χ3v) is 13.4. The van der Waals surface area contributed by atoms with Crippen molar-refractivity contribution < 1.29 is 32.2 Å². The van der Waals surface area contributed by atoms with Crippen LogP contribution in [0.3, 0.4) is 0 Å². The maximum atomic E-state index is 17.4. The van der Waals surface area contributed by atoms with Gasteiger partial charge in [-0.05, 0) is 56.2 Å². The number of nitrogens with two attached hydrogens (primary N) is 1. The fraction of sp³-hybridized carbons (Fsp3) is 0.526. The van der Waals surface area contributed by atoms with Crippen molar-refractivity contribution >= 4 is 60.7 Å². The number of carbonyl (C=O) groups is 1. The number of hydrogen-bond donors (Lipinski definition) is 1. The highest BCUT2D eigenvalue weighted by atomic mass is 35.5. The number of halogens is 4. The summed E-state index contributed by atoms with van der Waals surface area (Å²) in [6.07, 6.45) is 3.90. The van der Waals surface area contributed by atoms with Gasteiger partial charge in [-0.25, -0.2) is 13.2 Å². The van der Waals surface area contributed by atoms with E-state index >= 15 is 8.78 Å². The predicted molar refractivity (Wildman–Crippen MR) is 199 cm³/mol. The Kier molecular flexibility index (Phi) is 9.15. The molecule has 0 aliphatic carbocycles. The molecule has 3 atom stereocenters. The zero-order valence-electron chi connectivity index (χ0n) is 29.5. The highest BCUT2D eigenvalue weighted by molar-refractivity contribution is 7.23. The molecular weight excluding hydrogens is 743 g/mol. The SMILES string of the molecule is N#Cc1c(N)sc2c(F)ccc(-c3c(Cl)c4c5c(nc(OC[C@@]67CCCN6C[C@H](F)C7)nc5c3F)N(C3CCN(C(=O)CC5CCOCC5)C3)CCO4)c12. The molecule has 4 fully saturated rings. The number of aromatic nitrogens is 2. The van der Waals surface area contributed by atoms with Crippen molar-refractivity contribution in [2.75, 3.05) is 69.8 Å². The number of hydrogen-bond acceptors (Lipinski definition) is 11. The number of nitrogens with zero attached hydrogens (tertiary/aromatic N) is 6. The topological polar surface area (TPSA) is 130 Å². The number of ether oxygens (including phenoxy) is 3. The van der Waals surface area contributed by atoms with Crippen LogP contribution in [0.4, 0.5) is 24.0 Å². The van der Waals surface area contributed by atoms with Crippen molar-refractivity contribution in [2.24, 2.45) is 5.92 Å². The molecule has 9 rings (SSSR count). The van der Waals surface area contributed by atoms with Crippen LogP contribution in [-0.4, -0.2) is 103 Å². The van der Waals surface area contributed by atoms with Gasteiger partial charge < -0.3 is 29.7 Å². The van der Waals surface area contributed by atoms with Gasteiger partial charge >= 0.3 is 6.01 Å². The van der Waals surface area contributed by atoms with Crippen molar-refractivity contribution in [3.05, 3.63) is 34.4 Å². The smallest absolute Gasteiger partial charge is 0.319 e. The van der Waals surface area contributed by atoms with E-state index in [1.807, 2.05) is 15.9 Å². The van der Waals surface area contributed by atoms with E-state index in [2.05, 4.69) is 9.88 Å². The molecule has 54 heavy (non-hydrogen) atoms. The molecule has 1 amide bonds. The number of anilines is 2. The second-order valence-corrected chi connectivity index (χ2v) is 16.5. The monoisotopic (exact) mass is 781 g/mol. The number of carbonyl (C=O) groups excluding carboxylic acids is 1. The maximum absolute atomic E-state index is 17.4. The Balaban J connectivity index is 1.15. The lowest BCUT2D eigenvalue weighted by atomic mass is 9.95. The van der Waals surface area contributed by atoms with Crippen molar-refractivity contribution in [1.29, 1.82) is 5.26 Å². The average Bonchev–Trinajstić information content (AvgIpc) is 3.92. The number of benzene rings is 2. The molecule has 5 aliphatic heterocycles. The quantitative estimate of drug-likeness (QED) is 0.223. The Morgan fingerprint density at radius 3 is 2.78 bits per heavy atom. The molecule has 0 bridgehead atoms. The number of thiophene rings is 1. The largest absolute Gasteiger partial charge is 0.489 e. The Hall–Kier alpha value is -4.10. The summed E-state index contributed by atoms with van der Waals surface area (Å²) < 4.78 is 65.4. The van der Waals surface area contributed by atoms with Crippen LogP contribution >= 0.6 is 22.9 Å². The van der Waals surface area contributed by atoms with E-state index in [-0.39, 0.29) is 84.6 Å². The van der Waals surface area contributed by atoms with Gasteiger partial charge in [0.05, 0.1) is 32.8 Å². The molecule has 0 saturated carbocycles. The molecule has 4 aromatic rings. The lowest BCUT2D eigenvalue weighted by molar-refractivity contribution is -0.131. The second kappa shape index (κ2) is 13.9. The van der Waals surface area contributed by atoms with E-state index in [4.69, 9.17) is 36.5 Å². The van der Waals surface area contributed by atoms with Crippen LogP contribution < -0.4 is 20.1 Å². The summed E-state index contributed by atoms with van der Waals surface area (Å²) in [7, 11) is 0. The molecule has 16 heteroatoms. The highest BCUT2D eigenvalue weighted by Gasteiger charge is 2.49.